The second-order valence-electron chi connectivity index (χ2n) is 4.72. The van der Waals surface area contributed by atoms with Crippen molar-refractivity contribution in [1.82, 2.24) is 4.90 Å². The van der Waals surface area contributed by atoms with Gasteiger partial charge in [0.15, 0.2) is 0 Å². The number of phenols is 1. The Morgan fingerprint density at radius 3 is 2.59 bits per heavy atom. The first-order valence-corrected chi connectivity index (χ1v) is 6.69. The first-order chi connectivity index (χ1) is 8.04. The molecule has 1 aliphatic heterocycles. The van der Waals surface area contributed by atoms with E-state index in [-0.39, 0.29) is 12.2 Å². The Labute approximate surface area is 111 Å². The van der Waals surface area contributed by atoms with E-state index in [1.54, 1.807) is 6.07 Å². The van der Waals surface area contributed by atoms with Gasteiger partial charge in [-0.25, -0.2) is 0 Å². The average Bonchev–Trinajstić information content (AvgIpc) is 2.21. The molecule has 1 aromatic carbocycles. The van der Waals surface area contributed by atoms with Gasteiger partial charge in [0.1, 0.15) is 5.75 Å². The zero-order valence-corrected chi connectivity index (χ0v) is 11.8. The summed E-state index contributed by atoms with van der Waals surface area (Å²) in [7, 11) is 0. The molecule has 1 fully saturated rings. The lowest BCUT2D eigenvalue weighted by atomic mass is 10.1. The number of nitrogens with zero attached hydrogens (tertiary/aromatic N) is 1. The Hall–Kier alpha value is -0.580. The van der Waals surface area contributed by atoms with E-state index >= 15 is 0 Å². The predicted octanol–water partition coefficient (Wildman–Crippen LogP) is 2.76. The lowest BCUT2D eigenvalue weighted by molar-refractivity contribution is -0.0706. The highest BCUT2D eigenvalue weighted by molar-refractivity contribution is 9.10. The van der Waals surface area contributed by atoms with E-state index in [9.17, 15) is 5.11 Å². The maximum Gasteiger partial charge on any atom is 0.121 e. The van der Waals surface area contributed by atoms with Gasteiger partial charge in [0.2, 0.25) is 0 Å². The van der Waals surface area contributed by atoms with Crippen LogP contribution in [0.1, 0.15) is 19.4 Å². The Kier molecular flexibility index (Phi) is 4.07. The molecule has 17 heavy (non-hydrogen) atoms. The van der Waals surface area contributed by atoms with Gasteiger partial charge in [-0.3, -0.25) is 4.90 Å². The fraction of sp³-hybridized carbons (Fsp3) is 0.538. The monoisotopic (exact) mass is 299 g/mol. The smallest absolute Gasteiger partial charge is 0.121 e. The Bertz CT molecular complexity index is 387. The van der Waals surface area contributed by atoms with Gasteiger partial charge >= 0.3 is 0 Å². The van der Waals surface area contributed by atoms with Crippen LogP contribution in [-0.4, -0.2) is 35.3 Å². The van der Waals surface area contributed by atoms with Crippen molar-refractivity contribution in [3.05, 3.63) is 28.2 Å². The molecule has 1 heterocycles. The number of hydrogen-bond donors (Lipinski definition) is 1. The van der Waals surface area contributed by atoms with Gasteiger partial charge in [0.05, 0.1) is 12.2 Å². The van der Waals surface area contributed by atoms with E-state index < -0.39 is 0 Å². The number of aromatic hydroxyl groups is 1. The summed E-state index contributed by atoms with van der Waals surface area (Å²) in [5.41, 5.74) is 0.967. The summed E-state index contributed by atoms with van der Waals surface area (Å²) < 4.78 is 6.60. The molecule has 94 valence electrons. The number of benzene rings is 1. The van der Waals surface area contributed by atoms with Gasteiger partial charge in [0.25, 0.3) is 0 Å². The molecule has 3 nitrogen and oxygen atoms in total. The summed E-state index contributed by atoms with van der Waals surface area (Å²) in [5.74, 6) is 0.353. The van der Waals surface area contributed by atoms with Crippen molar-refractivity contribution in [2.24, 2.45) is 0 Å². The molecule has 2 rings (SSSR count). The standard InChI is InChI=1S/C13H18BrNO2/c1-9-6-15(7-10(2)17-9)8-11-3-4-12(14)5-13(11)16/h3-5,9-10,16H,6-8H2,1-2H3/t9-,10+. The van der Waals surface area contributed by atoms with Crippen LogP contribution < -0.4 is 0 Å². The summed E-state index contributed by atoms with van der Waals surface area (Å²) in [6.07, 6.45) is 0.521. The van der Waals surface area contributed by atoms with Crippen molar-refractivity contribution < 1.29 is 9.84 Å². The number of ether oxygens (including phenoxy) is 1. The van der Waals surface area contributed by atoms with Gasteiger partial charge in [-0.15, -0.1) is 0 Å². The summed E-state index contributed by atoms with van der Waals surface area (Å²) in [5, 5.41) is 9.87. The SMILES string of the molecule is C[C@@H]1CN(Cc2ccc(Br)cc2O)C[C@H](C)O1. The van der Waals surface area contributed by atoms with Crippen molar-refractivity contribution in [3.8, 4) is 5.75 Å². The van der Waals surface area contributed by atoms with E-state index in [1.165, 1.54) is 0 Å². The molecular weight excluding hydrogens is 282 g/mol. The molecule has 0 aromatic heterocycles. The van der Waals surface area contributed by atoms with Crippen LogP contribution in [0.15, 0.2) is 22.7 Å². The van der Waals surface area contributed by atoms with Crippen molar-refractivity contribution in [2.45, 2.75) is 32.6 Å². The third-order valence-corrected chi connectivity index (χ3v) is 3.43. The molecule has 1 N–H and O–H groups in total. The van der Waals surface area contributed by atoms with Crippen LogP contribution in [-0.2, 0) is 11.3 Å². The number of hydrogen-bond acceptors (Lipinski definition) is 3. The van der Waals surface area contributed by atoms with E-state index in [0.717, 1.165) is 29.7 Å². The Morgan fingerprint density at radius 1 is 1.35 bits per heavy atom. The Morgan fingerprint density at radius 2 is 2.00 bits per heavy atom. The zero-order valence-electron chi connectivity index (χ0n) is 10.2. The van der Waals surface area contributed by atoms with Gasteiger partial charge in [0, 0.05) is 29.7 Å². The highest BCUT2D eigenvalue weighted by Crippen LogP contribution is 2.24. The maximum absolute atomic E-state index is 9.87. The minimum Gasteiger partial charge on any atom is -0.508 e. The minimum atomic E-state index is 0.261. The third-order valence-electron chi connectivity index (χ3n) is 2.94. The summed E-state index contributed by atoms with van der Waals surface area (Å²) in [6, 6.07) is 5.66. The van der Waals surface area contributed by atoms with Crippen LogP contribution >= 0.6 is 15.9 Å². The van der Waals surface area contributed by atoms with E-state index in [2.05, 4.69) is 34.7 Å². The predicted molar refractivity (Wildman–Crippen MR) is 71.1 cm³/mol. The molecule has 2 atom stereocenters. The van der Waals surface area contributed by atoms with E-state index in [4.69, 9.17) is 4.74 Å². The molecule has 0 saturated carbocycles. The normalized spacial score (nSPS) is 26.1. The fourth-order valence-electron chi connectivity index (χ4n) is 2.33. The van der Waals surface area contributed by atoms with Crippen molar-refractivity contribution >= 4 is 15.9 Å². The largest absolute Gasteiger partial charge is 0.508 e. The molecule has 4 heteroatoms. The van der Waals surface area contributed by atoms with E-state index in [0.29, 0.717) is 5.75 Å². The molecule has 1 saturated heterocycles. The van der Waals surface area contributed by atoms with Gasteiger partial charge in [-0.2, -0.15) is 0 Å². The first kappa shape index (κ1) is 12.9. The van der Waals surface area contributed by atoms with Crippen molar-refractivity contribution in [3.63, 3.8) is 0 Å². The van der Waals surface area contributed by atoms with Crippen LogP contribution in [0.4, 0.5) is 0 Å². The molecule has 0 amide bonds. The van der Waals surface area contributed by atoms with Gasteiger partial charge in [-0.05, 0) is 26.0 Å². The zero-order chi connectivity index (χ0) is 12.4. The van der Waals surface area contributed by atoms with Gasteiger partial charge in [-0.1, -0.05) is 22.0 Å². The van der Waals surface area contributed by atoms with Crippen LogP contribution in [0.25, 0.3) is 0 Å². The summed E-state index contributed by atoms with van der Waals surface area (Å²) >= 11 is 3.35. The average molecular weight is 300 g/mol. The van der Waals surface area contributed by atoms with Gasteiger partial charge < -0.3 is 9.84 Å². The highest BCUT2D eigenvalue weighted by Gasteiger charge is 2.22. The molecule has 0 radical (unpaired) electrons. The molecule has 0 unspecified atom stereocenters. The molecule has 1 aromatic rings. The first-order valence-electron chi connectivity index (χ1n) is 5.90. The van der Waals surface area contributed by atoms with Crippen LogP contribution in [0, 0.1) is 0 Å². The summed E-state index contributed by atoms with van der Waals surface area (Å²) in [4.78, 5) is 2.32. The Balaban J connectivity index is 2.04. The fourth-order valence-corrected chi connectivity index (χ4v) is 2.67. The topological polar surface area (TPSA) is 32.7 Å². The summed E-state index contributed by atoms with van der Waals surface area (Å²) in [6.45, 7) is 6.78. The quantitative estimate of drug-likeness (QED) is 0.911. The molecule has 0 spiro atoms. The number of phenolic OH excluding ortho intramolecular Hbond substituents is 1. The second-order valence-corrected chi connectivity index (χ2v) is 5.64. The van der Waals surface area contributed by atoms with Crippen molar-refractivity contribution in [1.29, 1.82) is 0 Å². The molecule has 0 bridgehead atoms. The lowest BCUT2D eigenvalue weighted by Gasteiger charge is -2.35. The molecular formula is C13H18BrNO2. The maximum atomic E-state index is 9.87. The van der Waals surface area contributed by atoms with Crippen molar-refractivity contribution in [2.75, 3.05) is 13.1 Å². The van der Waals surface area contributed by atoms with Crippen LogP contribution in [0.2, 0.25) is 0 Å². The minimum absolute atomic E-state index is 0.261. The highest BCUT2D eigenvalue weighted by atomic mass is 79.9. The van der Waals surface area contributed by atoms with Crippen LogP contribution in [0.3, 0.4) is 0 Å². The number of rotatable bonds is 2. The van der Waals surface area contributed by atoms with Crippen LogP contribution in [0.5, 0.6) is 5.75 Å². The third kappa shape index (κ3) is 3.44. The molecule has 0 aliphatic carbocycles. The molecule has 1 aliphatic rings. The second kappa shape index (κ2) is 5.38. The number of halogens is 1. The van der Waals surface area contributed by atoms with E-state index in [1.807, 2.05) is 12.1 Å². The lowest BCUT2D eigenvalue weighted by Crippen LogP contribution is -2.44. The number of morpholine rings is 1.